The first-order chi connectivity index (χ1) is 12.9. The van der Waals surface area contributed by atoms with Gasteiger partial charge in [0.15, 0.2) is 0 Å². The van der Waals surface area contributed by atoms with Crippen LogP contribution in [-0.2, 0) is 6.61 Å². The molecule has 0 bridgehead atoms. The number of ether oxygens (including phenoxy) is 1. The Hall–Kier alpha value is -2.14. The highest BCUT2D eigenvalue weighted by Crippen LogP contribution is 2.32. The molecule has 2 heterocycles. The molecule has 4 rings (SSSR count). The molecular formula is C22H24N2OS. The molecule has 0 saturated carbocycles. The number of benzene rings is 2. The summed E-state index contributed by atoms with van der Waals surface area (Å²) >= 11 is 1.84. The van der Waals surface area contributed by atoms with Crippen LogP contribution >= 0.6 is 11.3 Å². The maximum absolute atomic E-state index is 5.94. The molecule has 1 unspecified atom stereocenters. The zero-order chi connectivity index (χ0) is 17.6. The number of nitrogens with one attached hydrogen (secondary N) is 1. The van der Waals surface area contributed by atoms with E-state index in [1.807, 2.05) is 29.5 Å². The van der Waals surface area contributed by atoms with Gasteiger partial charge in [0.05, 0.1) is 6.04 Å². The molecule has 1 saturated heterocycles. The van der Waals surface area contributed by atoms with E-state index in [9.17, 15) is 0 Å². The van der Waals surface area contributed by atoms with Crippen LogP contribution in [-0.4, -0.2) is 31.1 Å². The maximum atomic E-state index is 5.94. The summed E-state index contributed by atoms with van der Waals surface area (Å²) in [5.74, 6) is 0.919. The van der Waals surface area contributed by atoms with Gasteiger partial charge in [-0.15, -0.1) is 11.3 Å². The van der Waals surface area contributed by atoms with E-state index in [-0.39, 0.29) is 0 Å². The van der Waals surface area contributed by atoms with Gasteiger partial charge >= 0.3 is 0 Å². The fourth-order valence-corrected chi connectivity index (χ4v) is 4.31. The smallest absolute Gasteiger partial charge is 0.119 e. The van der Waals surface area contributed by atoms with Gasteiger partial charge in [0.1, 0.15) is 12.4 Å². The predicted molar refractivity (Wildman–Crippen MR) is 108 cm³/mol. The first kappa shape index (κ1) is 17.3. The summed E-state index contributed by atoms with van der Waals surface area (Å²) in [4.78, 5) is 3.98. The third kappa shape index (κ3) is 4.15. The largest absolute Gasteiger partial charge is 0.489 e. The molecule has 0 aliphatic carbocycles. The highest BCUT2D eigenvalue weighted by Gasteiger charge is 2.24. The van der Waals surface area contributed by atoms with Crippen molar-refractivity contribution < 1.29 is 4.74 Å². The minimum Gasteiger partial charge on any atom is -0.489 e. The van der Waals surface area contributed by atoms with Crippen molar-refractivity contribution in [3.05, 3.63) is 88.1 Å². The number of nitrogens with zero attached hydrogens (tertiary/aromatic N) is 1. The molecule has 1 aromatic heterocycles. The van der Waals surface area contributed by atoms with Crippen LogP contribution in [0.2, 0.25) is 0 Å². The van der Waals surface area contributed by atoms with Gasteiger partial charge in [0.2, 0.25) is 0 Å². The maximum Gasteiger partial charge on any atom is 0.119 e. The van der Waals surface area contributed by atoms with E-state index < -0.39 is 0 Å². The fourth-order valence-electron chi connectivity index (χ4n) is 3.43. The quantitative estimate of drug-likeness (QED) is 0.705. The Morgan fingerprint density at radius 3 is 2.38 bits per heavy atom. The molecule has 1 aliphatic rings. The number of piperazine rings is 1. The van der Waals surface area contributed by atoms with Gasteiger partial charge in [-0.1, -0.05) is 48.5 Å². The fraction of sp³-hybridized carbons (Fsp3) is 0.273. The van der Waals surface area contributed by atoms with Gasteiger partial charge in [0.25, 0.3) is 0 Å². The minimum atomic E-state index is 0.334. The highest BCUT2D eigenvalue weighted by molar-refractivity contribution is 7.10. The van der Waals surface area contributed by atoms with Gasteiger partial charge in [-0.2, -0.15) is 0 Å². The molecule has 26 heavy (non-hydrogen) atoms. The summed E-state index contributed by atoms with van der Waals surface area (Å²) < 4.78 is 5.94. The van der Waals surface area contributed by atoms with E-state index in [2.05, 4.69) is 64.1 Å². The summed E-state index contributed by atoms with van der Waals surface area (Å²) in [7, 11) is 0. The van der Waals surface area contributed by atoms with Crippen molar-refractivity contribution in [3.8, 4) is 5.75 Å². The van der Waals surface area contributed by atoms with E-state index in [1.54, 1.807) is 0 Å². The van der Waals surface area contributed by atoms with Crippen molar-refractivity contribution >= 4 is 11.3 Å². The molecule has 1 N–H and O–H groups in total. The first-order valence-electron chi connectivity index (χ1n) is 9.15. The SMILES string of the molecule is c1ccc(COc2ccc(C(c3cccs3)N3CCNCC3)cc2)cc1. The van der Waals surface area contributed by atoms with E-state index in [1.165, 1.54) is 16.0 Å². The molecule has 3 nitrogen and oxygen atoms in total. The summed E-state index contributed by atoms with van der Waals surface area (Å²) in [5.41, 5.74) is 2.52. The second-order valence-corrected chi connectivity index (χ2v) is 7.53. The Labute approximate surface area is 159 Å². The van der Waals surface area contributed by atoms with Crippen LogP contribution in [0.3, 0.4) is 0 Å². The third-order valence-corrected chi connectivity index (χ3v) is 5.70. The Kier molecular flexibility index (Phi) is 5.65. The van der Waals surface area contributed by atoms with Crippen molar-refractivity contribution in [2.75, 3.05) is 26.2 Å². The van der Waals surface area contributed by atoms with E-state index >= 15 is 0 Å². The van der Waals surface area contributed by atoms with Crippen LogP contribution in [0, 0.1) is 0 Å². The van der Waals surface area contributed by atoms with Crippen LogP contribution < -0.4 is 10.1 Å². The number of hydrogen-bond acceptors (Lipinski definition) is 4. The molecule has 134 valence electrons. The average molecular weight is 365 g/mol. The van der Waals surface area contributed by atoms with Crippen molar-refractivity contribution in [2.24, 2.45) is 0 Å². The van der Waals surface area contributed by atoms with Crippen LogP contribution in [0.15, 0.2) is 72.1 Å². The summed E-state index contributed by atoms with van der Waals surface area (Å²) in [6, 6.07) is 23.6. The van der Waals surface area contributed by atoms with E-state index in [0.29, 0.717) is 12.6 Å². The lowest BCUT2D eigenvalue weighted by molar-refractivity contribution is 0.200. The Bertz CT molecular complexity index is 781. The lowest BCUT2D eigenvalue weighted by Crippen LogP contribution is -2.45. The first-order valence-corrected chi connectivity index (χ1v) is 10.0. The van der Waals surface area contributed by atoms with Crippen LogP contribution in [0.5, 0.6) is 5.75 Å². The second kappa shape index (κ2) is 8.49. The number of hydrogen-bond donors (Lipinski definition) is 1. The number of thiophene rings is 1. The van der Waals surface area contributed by atoms with Crippen LogP contribution in [0.25, 0.3) is 0 Å². The molecule has 2 aromatic carbocycles. The molecular weight excluding hydrogens is 340 g/mol. The van der Waals surface area contributed by atoms with Gasteiger partial charge in [0, 0.05) is 31.1 Å². The third-order valence-electron chi connectivity index (χ3n) is 4.77. The van der Waals surface area contributed by atoms with Crippen LogP contribution in [0.1, 0.15) is 22.0 Å². The van der Waals surface area contributed by atoms with E-state index in [4.69, 9.17) is 4.74 Å². The monoisotopic (exact) mass is 364 g/mol. The standard InChI is InChI=1S/C22H24N2OS/c1-2-5-18(6-3-1)17-25-20-10-8-19(9-11-20)22(21-7-4-16-26-21)24-14-12-23-13-15-24/h1-11,16,22-23H,12-15,17H2. The molecule has 1 fully saturated rings. The van der Waals surface area contributed by atoms with E-state index in [0.717, 1.165) is 31.9 Å². The molecule has 3 aromatic rings. The predicted octanol–water partition coefficient (Wildman–Crippen LogP) is 4.32. The zero-order valence-corrected chi connectivity index (χ0v) is 15.6. The van der Waals surface area contributed by atoms with Crippen LogP contribution in [0.4, 0.5) is 0 Å². The summed E-state index contributed by atoms with van der Waals surface area (Å²) in [6.45, 7) is 4.87. The number of rotatable bonds is 6. The van der Waals surface area contributed by atoms with Crippen molar-refractivity contribution in [1.29, 1.82) is 0 Å². The van der Waals surface area contributed by atoms with Crippen molar-refractivity contribution in [1.82, 2.24) is 10.2 Å². The van der Waals surface area contributed by atoms with Crippen molar-refractivity contribution in [2.45, 2.75) is 12.6 Å². The molecule has 1 aliphatic heterocycles. The molecule has 0 amide bonds. The summed E-state index contributed by atoms with van der Waals surface area (Å²) in [6.07, 6.45) is 0. The normalized spacial score (nSPS) is 16.3. The molecule has 0 radical (unpaired) electrons. The highest BCUT2D eigenvalue weighted by atomic mass is 32.1. The molecule has 1 atom stereocenters. The summed E-state index contributed by atoms with van der Waals surface area (Å²) in [5, 5.41) is 5.62. The Morgan fingerprint density at radius 1 is 0.923 bits per heavy atom. The van der Waals surface area contributed by atoms with Gasteiger partial charge < -0.3 is 10.1 Å². The minimum absolute atomic E-state index is 0.334. The van der Waals surface area contributed by atoms with Gasteiger partial charge in [-0.05, 0) is 34.7 Å². The second-order valence-electron chi connectivity index (χ2n) is 6.55. The Balaban J connectivity index is 1.49. The Morgan fingerprint density at radius 2 is 1.69 bits per heavy atom. The topological polar surface area (TPSA) is 24.5 Å². The molecule has 4 heteroatoms. The van der Waals surface area contributed by atoms with Gasteiger partial charge in [-0.3, -0.25) is 4.90 Å². The van der Waals surface area contributed by atoms with Crippen molar-refractivity contribution in [3.63, 3.8) is 0 Å². The molecule has 0 spiro atoms. The average Bonchev–Trinajstić information content (AvgIpc) is 3.23. The van der Waals surface area contributed by atoms with Gasteiger partial charge in [-0.25, -0.2) is 0 Å². The zero-order valence-electron chi connectivity index (χ0n) is 14.8. The lowest BCUT2D eigenvalue weighted by Gasteiger charge is -2.34. The lowest BCUT2D eigenvalue weighted by atomic mass is 10.0.